The van der Waals surface area contributed by atoms with E-state index in [-0.39, 0.29) is 12.6 Å². The Hall–Kier alpha value is -1.62. The van der Waals surface area contributed by atoms with E-state index in [1.807, 2.05) is 0 Å². The Morgan fingerprint density at radius 1 is 1.13 bits per heavy atom. The quantitative estimate of drug-likeness (QED) is 0.667. The van der Waals surface area contributed by atoms with Crippen LogP contribution in [0.3, 0.4) is 0 Å². The zero-order chi connectivity index (χ0) is 20.3. The average molecular weight is 401 g/mol. The molecule has 5 fully saturated rings. The van der Waals surface area contributed by atoms with E-state index in [4.69, 9.17) is 14.7 Å². The normalized spacial score (nSPS) is 39.6. The van der Waals surface area contributed by atoms with Crippen LogP contribution in [0.25, 0.3) is 6.08 Å². The molecule has 156 valence electrons. The Morgan fingerprint density at radius 3 is 2.70 bits per heavy atom. The lowest BCUT2D eigenvalue weighted by Crippen LogP contribution is -2.65. The summed E-state index contributed by atoms with van der Waals surface area (Å²) in [5.41, 5.74) is 7.18. The maximum absolute atomic E-state index is 6.33. The van der Waals surface area contributed by atoms with Crippen molar-refractivity contribution >= 4 is 24.3 Å². The van der Waals surface area contributed by atoms with Crippen LogP contribution in [0.2, 0.25) is 0 Å². The molecular formula is C25H32BN3O. The van der Waals surface area contributed by atoms with E-state index in [1.54, 1.807) is 0 Å². The van der Waals surface area contributed by atoms with Crippen molar-refractivity contribution in [3.63, 3.8) is 0 Å². The Morgan fingerprint density at radius 2 is 1.93 bits per heavy atom. The van der Waals surface area contributed by atoms with Gasteiger partial charge in [-0.1, -0.05) is 19.1 Å². The first-order valence-corrected chi connectivity index (χ1v) is 12.1. The number of hydrazone groups is 1. The Kier molecular flexibility index (Phi) is 3.47. The van der Waals surface area contributed by atoms with Crippen molar-refractivity contribution in [3.8, 4) is 0 Å². The van der Waals surface area contributed by atoms with Gasteiger partial charge < -0.3 is 9.57 Å². The summed E-state index contributed by atoms with van der Waals surface area (Å²) in [6.07, 6.45) is 15.7. The molecule has 1 saturated heterocycles. The van der Waals surface area contributed by atoms with Crippen LogP contribution in [0.4, 0.5) is 0 Å². The predicted octanol–water partition coefficient (Wildman–Crippen LogP) is 4.03. The van der Waals surface area contributed by atoms with Crippen LogP contribution in [0.1, 0.15) is 76.1 Å². The van der Waals surface area contributed by atoms with Gasteiger partial charge >= 0.3 is 7.05 Å². The summed E-state index contributed by atoms with van der Waals surface area (Å²) in [5.74, 6) is 3.16. The van der Waals surface area contributed by atoms with Crippen LogP contribution < -0.4 is 5.46 Å². The van der Waals surface area contributed by atoms with Crippen LogP contribution in [0.5, 0.6) is 0 Å². The lowest BCUT2D eigenvalue weighted by atomic mass is 9.45. The number of hydrogen-bond donors (Lipinski definition) is 0. The molecule has 5 atom stereocenters. The zero-order valence-corrected chi connectivity index (χ0v) is 18.5. The van der Waals surface area contributed by atoms with Gasteiger partial charge in [0.2, 0.25) is 0 Å². The second kappa shape index (κ2) is 5.79. The number of nitrogens with zero attached hydrogens (tertiary/aromatic N) is 3. The van der Waals surface area contributed by atoms with Crippen LogP contribution in [0.15, 0.2) is 17.4 Å². The van der Waals surface area contributed by atoms with Crippen LogP contribution in [0, 0.1) is 29.1 Å². The molecular weight excluding hydrogens is 369 g/mol. The first-order chi connectivity index (χ1) is 14.4. The van der Waals surface area contributed by atoms with Crippen molar-refractivity contribution in [1.82, 2.24) is 9.90 Å². The minimum absolute atomic E-state index is 0.0125. The molecule has 5 aliphatic carbocycles. The van der Waals surface area contributed by atoms with Crippen molar-refractivity contribution in [2.24, 2.45) is 34.2 Å². The molecule has 3 unspecified atom stereocenters. The smallest absolute Gasteiger partial charge is 0.412 e. The largest absolute Gasteiger partial charge is 0.471 e. The van der Waals surface area contributed by atoms with E-state index in [1.165, 1.54) is 60.1 Å². The van der Waals surface area contributed by atoms with E-state index >= 15 is 0 Å². The molecule has 7 aliphatic rings. The number of allylic oxidation sites excluding steroid dienone is 1. The van der Waals surface area contributed by atoms with Crippen LogP contribution in [-0.4, -0.2) is 34.8 Å². The maximum Gasteiger partial charge on any atom is 0.471 e. The highest BCUT2D eigenvalue weighted by Gasteiger charge is 2.57. The van der Waals surface area contributed by atoms with Gasteiger partial charge in [0, 0.05) is 47.3 Å². The second-order valence-electron chi connectivity index (χ2n) is 12.0. The second-order valence-corrected chi connectivity index (χ2v) is 12.0. The molecule has 0 aromatic carbocycles. The fourth-order valence-corrected chi connectivity index (χ4v) is 8.29. The molecule has 8 rings (SSSR count). The van der Waals surface area contributed by atoms with Gasteiger partial charge in [0.05, 0.1) is 11.4 Å². The predicted molar refractivity (Wildman–Crippen MR) is 121 cm³/mol. The fourth-order valence-electron chi connectivity index (χ4n) is 8.29. The van der Waals surface area contributed by atoms with E-state index in [2.05, 4.69) is 44.0 Å². The molecule has 30 heavy (non-hydrogen) atoms. The highest BCUT2D eigenvalue weighted by Crippen LogP contribution is 2.62. The van der Waals surface area contributed by atoms with Crippen molar-refractivity contribution in [2.45, 2.75) is 71.3 Å². The molecule has 4 saturated carbocycles. The minimum atomic E-state index is -0.0892. The van der Waals surface area contributed by atoms with Gasteiger partial charge in [-0.3, -0.25) is 4.98 Å². The minimum Gasteiger partial charge on any atom is -0.412 e. The maximum atomic E-state index is 6.33. The molecule has 0 spiro atoms. The van der Waals surface area contributed by atoms with Crippen LogP contribution >= 0.6 is 0 Å². The number of pyridine rings is 1. The third-order valence-corrected chi connectivity index (χ3v) is 9.29. The van der Waals surface area contributed by atoms with E-state index in [9.17, 15) is 0 Å². The van der Waals surface area contributed by atoms with Crippen molar-refractivity contribution in [3.05, 3.63) is 29.1 Å². The first kappa shape index (κ1) is 18.0. The van der Waals surface area contributed by atoms with Gasteiger partial charge in [-0.2, -0.15) is 5.10 Å². The summed E-state index contributed by atoms with van der Waals surface area (Å²) in [6.45, 7) is 8.01. The van der Waals surface area contributed by atoms with Gasteiger partial charge in [-0.15, -0.1) is 0 Å². The highest BCUT2D eigenvalue weighted by molar-refractivity contribution is 6.67. The Bertz CT molecular complexity index is 982. The fraction of sp³-hybridized carbons (Fsp3) is 0.680. The Balaban J connectivity index is 1.42. The summed E-state index contributed by atoms with van der Waals surface area (Å²) in [7, 11) is -0.0892. The lowest BCUT2D eigenvalue weighted by molar-refractivity contribution is -0.0641. The van der Waals surface area contributed by atoms with Gasteiger partial charge in [-0.25, -0.2) is 0 Å². The summed E-state index contributed by atoms with van der Waals surface area (Å²) < 4.78 is 6.33. The molecule has 1 aromatic heterocycles. The zero-order valence-electron chi connectivity index (χ0n) is 18.5. The molecule has 0 radical (unpaired) electrons. The third-order valence-electron chi connectivity index (χ3n) is 9.29. The summed E-state index contributed by atoms with van der Waals surface area (Å²) in [5, 5.41) is 5.51. The third kappa shape index (κ3) is 2.33. The van der Waals surface area contributed by atoms with E-state index < -0.39 is 0 Å². The monoisotopic (exact) mass is 401 g/mol. The van der Waals surface area contributed by atoms with E-state index in [0.29, 0.717) is 11.3 Å². The average Bonchev–Trinajstić information content (AvgIpc) is 3.15. The number of rotatable bonds is 1. The molecule has 4 bridgehead atoms. The van der Waals surface area contributed by atoms with Crippen LogP contribution in [-0.2, 0) is 11.1 Å². The van der Waals surface area contributed by atoms with Crippen molar-refractivity contribution in [1.29, 1.82) is 0 Å². The molecule has 3 heterocycles. The standard InChI is InChI=1S/C25H32BN3O/c1-24(2)7-8-30-26-19-14-27-20-6-4-5-18(20)22(19)23(28-29(24)26)21-16-9-15-10-17(21)13-25(3,11-15)12-16/h4-5,14-17,21H,6-13H2,1-3H3/t15?,16-,17+,21?,25?. The van der Waals surface area contributed by atoms with Gasteiger partial charge in [0.1, 0.15) is 0 Å². The molecule has 1 aromatic rings. The summed E-state index contributed by atoms with van der Waals surface area (Å²) in [6, 6.07) is 0. The van der Waals surface area contributed by atoms with Crippen molar-refractivity contribution < 1.29 is 4.65 Å². The topological polar surface area (TPSA) is 37.7 Å². The number of hydrogen-bond acceptors (Lipinski definition) is 4. The lowest BCUT2D eigenvalue weighted by Gasteiger charge is -2.60. The molecule has 0 N–H and O–H groups in total. The molecule has 2 aliphatic heterocycles. The molecule has 4 nitrogen and oxygen atoms in total. The SMILES string of the molecule is CC12CC3C[C@H](C1)C(C1=NN4B(OCCC4(C)C)c4cnc5c(c41)C=CC5)[C@@H](C3)C2. The first-order valence-electron chi connectivity index (χ1n) is 12.1. The summed E-state index contributed by atoms with van der Waals surface area (Å²) >= 11 is 0. The molecule has 5 heteroatoms. The number of fused-ring (bicyclic) bond motifs is 5. The highest BCUT2D eigenvalue weighted by atomic mass is 16.4. The number of aromatic nitrogens is 1. The summed E-state index contributed by atoms with van der Waals surface area (Å²) in [4.78, 5) is 7.17. The van der Waals surface area contributed by atoms with E-state index in [0.717, 1.165) is 37.2 Å². The van der Waals surface area contributed by atoms with Gasteiger partial charge in [0.15, 0.2) is 0 Å². The molecule has 0 amide bonds. The van der Waals surface area contributed by atoms with Gasteiger partial charge in [0.25, 0.3) is 0 Å². The Labute approximate surface area is 180 Å². The van der Waals surface area contributed by atoms with Crippen molar-refractivity contribution in [2.75, 3.05) is 6.61 Å². The van der Waals surface area contributed by atoms with Gasteiger partial charge in [-0.05, 0) is 75.5 Å².